The molecule has 1 aliphatic rings. The van der Waals surface area contributed by atoms with E-state index in [9.17, 15) is 4.79 Å². The molecule has 1 amide bonds. The molecule has 0 aliphatic carbocycles. The largest absolute Gasteiger partial charge is 0.337 e. The van der Waals surface area contributed by atoms with Crippen molar-refractivity contribution in [3.05, 3.63) is 58.4 Å². The van der Waals surface area contributed by atoms with Crippen LogP contribution in [0, 0.1) is 6.92 Å². The summed E-state index contributed by atoms with van der Waals surface area (Å²) in [4.78, 5) is 20.3. The molecule has 1 aromatic heterocycles. The quantitative estimate of drug-likeness (QED) is 0.676. The number of aryl methyl sites for hydroxylation is 1. The highest BCUT2D eigenvalue weighted by atomic mass is 35.5. The van der Waals surface area contributed by atoms with Crippen molar-refractivity contribution < 1.29 is 4.79 Å². The van der Waals surface area contributed by atoms with Crippen molar-refractivity contribution in [1.82, 2.24) is 9.88 Å². The van der Waals surface area contributed by atoms with E-state index >= 15 is 0 Å². The lowest BCUT2D eigenvalue weighted by Crippen LogP contribution is -2.32. The number of nitrogens with zero attached hydrogens (tertiary/aromatic N) is 2. The maximum atomic E-state index is 12.7. The number of hydrogen-bond acceptors (Lipinski definition) is 3. The first kappa shape index (κ1) is 18.3. The number of hydrogen-bond donors (Lipinski definition) is 0. The average molecular weight is 375 g/mol. The van der Waals surface area contributed by atoms with E-state index in [4.69, 9.17) is 11.6 Å². The lowest BCUT2D eigenvalue weighted by Gasteiger charge is -2.20. The molecule has 1 aromatic carbocycles. The second kappa shape index (κ2) is 8.72. The molecule has 3 nitrogen and oxygen atoms in total. The first-order valence-electron chi connectivity index (χ1n) is 8.78. The van der Waals surface area contributed by atoms with Crippen LogP contribution in [-0.2, 0) is 5.75 Å². The first-order valence-corrected chi connectivity index (χ1v) is 10.1. The van der Waals surface area contributed by atoms with Crippen molar-refractivity contribution >= 4 is 29.3 Å². The summed E-state index contributed by atoms with van der Waals surface area (Å²) in [7, 11) is 0. The molecule has 0 radical (unpaired) electrons. The SMILES string of the molecule is Cc1cccc(Cl)c1SCc1cccc(C(=O)N2CCCCCC2)n1. The molecule has 0 N–H and O–H groups in total. The van der Waals surface area contributed by atoms with Crippen LogP contribution in [0.25, 0.3) is 0 Å². The standard InChI is InChI=1S/C20H23ClN2OS/c1-15-8-6-10-17(21)19(15)25-14-16-9-7-11-18(22-16)20(24)23-12-4-2-3-5-13-23/h6-11H,2-5,12-14H2,1H3. The Morgan fingerprint density at radius 1 is 1.12 bits per heavy atom. The van der Waals surface area contributed by atoms with Crippen LogP contribution in [0.3, 0.4) is 0 Å². The number of pyridine rings is 1. The molecule has 5 heteroatoms. The molecule has 1 saturated heterocycles. The predicted molar refractivity (Wildman–Crippen MR) is 104 cm³/mol. The Morgan fingerprint density at radius 2 is 1.84 bits per heavy atom. The number of halogens is 1. The summed E-state index contributed by atoms with van der Waals surface area (Å²) >= 11 is 7.96. The molecule has 2 heterocycles. The van der Waals surface area contributed by atoms with Gasteiger partial charge in [-0.2, -0.15) is 0 Å². The highest BCUT2D eigenvalue weighted by Crippen LogP contribution is 2.32. The van der Waals surface area contributed by atoms with Crippen molar-refractivity contribution in [2.24, 2.45) is 0 Å². The van der Waals surface area contributed by atoms with Gasteiger partial charge in [-0.05, 0) is 43.5 Å². The summed E-state index contributed by atoms with van der Waals surface area (Å²) in [5, 5.41) is 0.766. The fourth-order valence-electron chi connectivity index (χ4n) is 3.06. The van der Waals surface area contributed by atoms with E-state index < -0.39 is 0 Å². The van der Waals surface area contributed by atoms with Crippen LogP contribution in [0.5, 0.6) is 0 Å². The summed E-state index contributed by atoms with van der Waals surface area (Å²) in [5.41, 5.74) is 2.62. The minimum atomic E-state index is 0.0580. The van der Waals surface area contributed by atoms with Crippen molar-refractivity contribution in [1.29, 1.82) is 0 Å². The summed E-state index contributed by atoms with van der Waals surface area (Å²) in [6, 6.07) is 11.6. The molecule has 1 fully saturated rings. The van der Waals surface area contributed by atoms with Crippen molar-refractivity contribution in [3.63, 3.8) is 0 Å². The topological polar surface area (TPSA) is 33.2 Å². The van der Waals surface area contributed by atoms with E-state index in [1.165, 1.54) is 12.8 Å². The lowest BCUT2D eigenvalue weighted by atomic mass is 10.2. The van der Waals surface area contributed by atoms with Crippen LogP contribution >= 0.6 is 23.4 Å². The predicted octanol–water partition coefficient (Wildman–Crippen LogP) is 5.35. The highest BCUT2D eigenvalue weighted by Gasteiger charge is 2.18. The molecular weight excluding hydrogens is 352 g/mol. The molecule has 0 spiro atoms. The summed E-state index contributed by atoms with van der Waals surface area (Å²) in [5.74, 6) is 0.758. The Labute approximate surface area is 158 Å². The molecule has 3 rings (SSSR count). The van der Waals surface area contributed by atoms with Crippen LogP contribution in [0.2, 0.25) is 5.02 Å². The van der Waals surface area contributed by atoms with Crippen LogP contribution in [0.1, 0.15) is 47.4 Å². The molecule has 0 atom stereocenters. The molecule has 1 aliphatic heterocycles. The molecule has 0 unspecified atom stereocenters. The second-order valence-electron chi connectivity index (χ2n) is 6.40. The van der Waals surface area contributed by atoms with Gasteiger partial charge in [0.2, 0.25) is 0 Å². The van der Waals surface area contributed by atoms with Crippen molar-refractivity contribution in [2.45, 2.75) is 43.3 Å². The van der Waals surface area contributed by atoms with E-state index in [0.29, 0.717) is 11.4 Å². The molecule has 0 bridgehead atoms. The number of rotatable bonds is 4. The Bertz CT molecular complexity index is 722. The van der Waals surface area contributed by atoms with Gasteiger partial charge in [-0.3, -0.25) is 4.79 Å². The normalized spacial score (nSPS) is 15.0. The zero-order chi connectivity index (χ0) is 17.6. The van der Waals surface area contributed by atoms with E-state index in [-0.39, 0.29) is 5.91 Å². The van der Waals surface area contributed by atoms with Crippen LogP contribution in [-0.4, -0.2) is 28.9 Å². The molecule has 2 aromatic rings. The highest BCUT2D eigenvalue weighted by molar-refractivity contribution is 7.98. The Balaban J connectivity index is 1.70. The second-order valence-corrected chi connectivity index (χ2v) is 7.79. The van der Waals surface area contributed by atoms with Gasteiger partial charge in [-0.1, -0.05) is 42.6 Å². The third-order valence-electron chi connectivity index (χ3n) is 4.45. The zero-order valence-corrected chi connectivity index (χ0v) is 16.1. The van der Waals surface area contributed by atoms with Crippen molar-refractivity contribution in [2.75, 3.05) is 13.1 Å². The number of amides is 1. The maximum absolute atomic E-state index is 12.7. The lowest BCUT2D eigenvalue weighted by molar-refractivity contribution is 0.0755. The average Bonchev–Trinajstić information content (AvgIpc) is 2.90. The number of thioether (sulfide) groups is 1. The Morgan fingerprint density at radius 3 is 2.56 bits per heavy atom. The van der Waals surface area contributed by atoms with Gasteiger partial charge in [0.05, 0.1) is 10.7 Å². The fraction of sp³-hybridized carbons (Fsp3) is 0.400. The third-order valence-corrected chi connectivity index (χ3v) is 6.15. The van der Waals surface area contributed by atoms with Gasteiger partial charge in [0.25, 0.3) is 5.91 Å². The summed E-state index contributed by atoms with van der Waals surface area (Å²) in [6.07, 6.45) is 4.61. The van der Waals surface area contributed by atoms with E-state index in [1.54, 1.807) is 11.8 Å². The molecular formula is C20H23ClN2OS. The van der Waals surface area contributed by atoms with Crippen LogP contribution < -0.4 is 0 Å². The number of likely N-dealkylation sites (tertiary alicyclic amines) is 1. The minimum Gasteiger partial charge on any atom is -0.337 e. The molecule has 132 valence electrons. The fourth-order valence-corrected chi connectivity index (χ4v) is 4.40. The number of benzene rings is 1. The van der Waals surface area contributed by atoms with Gasteiger partial charge < -0.3 is 4.90 Å². The molecule has 25 heavy (non-hydrogen) atoms. The Kier molecular flexibility index (Phi) is 6.38. The smallest absolute Gasteiger partial charge is 0.272 e. The summed E-state index contributed by atoms with van der Waals surface area (Å²) < 4.78 is 0. The van der Waals surface area contributed by atoms with Crippen LogP contribution in [0.15, 0.2) is 41.3 Å². The maximum Gasteiger partial charge on any atom is 0.272 e. The van der Waals surface area contributed by atoms with Gasteiger partial charge in [-0.15, -0.1) is 11.8 Å². The van der Waals surface area contributed by atoms with Gasteiger partial charge in [0.1, 0.15) is 5.69 Å². The third kappa shape index (κ3) is 4.77. The number of carbonyl (C=O) groups is 1. The van der Waals surface area contributed by atoms with Gasteiger partial charge >= 0.3 is 0 Å². The van der Waals surface area contributed by atoms with E-state index in [1.807, 2.05) is 35.2 Å². The van der Waals surface area contributed by atoms with Crippen LogP contribution in [0.4, 0.5) is 0 Å². The Hall–Kier alpha value is -1.52. The molecule has 0 saturated carbocycles. The van der Waals surface area contributed by atoms with Gasteiger partial charge in [0.15, 0.2) is 0 Å². The van der Waals surface area contributed by atoms with Crippen molar-refractivity contribution in [3.8, 4) is 0 Å². The first-order chi connectivity index (χ1) is 12.1. The number of aromatic nitrogens is 1. The number of carbonyl (C=O) groups excluding carboxylic acids is 1. The summed E-state index contributed by atoms with van der Waals surface area (Å²) in [6.45, 7) is 3.75. The van der Waals surface area contributed by atoms with Gasteiger partial charge in [0, 0.05) is 23.7 Å². The van der Waals surface area contributed by atoms with E-state index in [0.717, 1.165) is 47.1 Å². The van der Waals surface area contributed by atoms with Gasteiger partial charge in [-0.25, -0.2) is 4.98 Å². The monoisotopic (exact) mass is 374 g/mol. The minimum absolute atomic E-state index is 0.0580. The zero-order valence-electron chi connectivity index (χ0n) is 14.5. The van der Waals surface area contributed by atoms with E-state index in [2.05, 4.69) is 18.0 Å².